The van der Waals surface area contributed by atoms with E-state index in [4.69, 9.17) is 5.11 Å². The summed E-state index contributed by atoms with van der Waals surface area (Å²) in [6.07, 6.45) is 0. The Morgan fingerprint density at radius 3 is 2.16 bits per heavy atom. The van der Waals surface area contributed by atoms with Gasteiger partial charge in [-0.2, -0.15) is 0 Å². The van der Waals surface area contributed by atoms with E-state index in [9.17, 15) is 14.4 Å². The van der Waals surface area contributed by atoms with E-state index in [0.29, 0.717) is 25.2 Å². The minimum absolute atomic E-state index is 0.0111. The zero-order valence-electron chi connectivity index (χ0n) is 15.3. The third-order valence-corrected chi connectivity index (χ3v) is 4.01. The first-order chi connectivity index (χ1) is 11.8. The number of nitrogens with one attached hydrogen (secondary N) is 1. The van der Waals surface area contributed by atoms with Crippen molar-refractivity contribution in [2.45, 2.75) is 27.3 Å². The number of rotatable bonds is 8. The van der Waals surface area contributed by atoms with Crippen molar-refractivity contribution in [3.8, 4) is 0 Å². The molecule has 0 aliphatic heterocycles. The van der Waals surface area contributed by atoms with Gasteiger partial charge in [0.2, 0.25) is 0 Å². The van der Waals surface area contributed by atoms with E-state index in [1.54, 1.807) is 43.1 Å². The number of aliphatic carboxylic acids is 1. The Morgan fingerprint density at radius 2 is 1.68 bits per heavy atom. The van der Waals surface area contributed by atoms with Gasteiger partial charge < -0.3 is 20.2 Å². The number of carboxylic acid groups (broad SMARTS) is 1. The molecule has 1 rings (SSSR count). The molecule has 7 heteroatoms. The van der Waals surface area contributed by atoms with Crippen LogP contribution in [0.2, 0.25) is 0 Å². The van der Waals surface area contributed by atoms with Gasteiger partial charge in [-0.1, -0.05) is 19.1 Å². The Hall–Kier alpha value is -2.57. The topological polar surface area (TPSA) is 90.0 Å². The number of amides is 3. The third-order valence-electron chi connectivity index (χ3n) is 4.01. The minimum atomic E-state index is -0.937. The molecule has 0 radical (unpaired) electrons. The standard InChI is InChI=1S/C18H27N3O4/c1-5-21(6-2)16(22)15-9-7-14(8-10-15)11-19-18(25)20(4)12-13(3)17(23)24/h7-10,13H,5-6,11-12H2,1-4H3,(H,19,25)(H,23,24). The first kappa shape index (κ1) is 20.5. The van der Waals surface area contributed by atoms with Gasteiger partial charge in [-0.15, -0.1) is 0 Å². The van der Waals surface area contributed by atoms with E-state index >= 15 is 0 Å². The fourth-order valence-electron chi connectivity index (χ4n) is 2.34. The third kappa shape index (κ3) is 6.10. The van der Waals surface area contributed by atoms with Crippen molar-refractivity contribution < 1.29 is 19.5 Å². The summed E-state index contributed by atoms with van der Waals surface area (Å²) in [6.45, 7) is 7.20. The van der Waals surface area contributed by atoms with Crippen LogP contribution in [0.4, 0.5) is 4.79 Å². The normalized spacial score (nSPS) is 11.5. The van der Waals surface area contributed by atoms with Gasteiger partial charge in [0.25, 0.3) is 5.91 Å². The van der Waals surface area contributed by atoms with Crippen molar-refractivity contribution >= 4 is 17.9 Å². The smallest absolute Gasteiger partial charge is 0.317 e. The van der Waals surface area contributed by atoms with Crippen LogP contribution < -0.4 is 5.32 Å². The molecule has 138 valence electrons. The summed E-state index contributed by atoms with van der Waals surface area (Å²) in [5, 5.41) is 11.6. The Balaban J connectivity index is 2.57. The van der Waals surface area contributed by atoms with E-state index < -0.39 is 11.9 Å². The monoisotopic (exact) mass is 349 g/mol. The van der Waals surface area contributed by atoms with Gasteiger partial charge >= 0.3 is 12.0 Å². The second kappa shape index (κ2) is 9.66. The van der Waals surface area contributed by atoms with Crippen LogP contribution in [0.1, 0.15) is 36.7 Å². The number of carbonyl (C=O) groups is 3. The molecule has 1 aromatic carbocycles. The Labute approximate surface area is 148 Å². The van der Waals surface area contributed by atoms with Gasteiger partial charge in [0.05, 0.1) is 5.92 Å². The maximum Gasteiger partial charge on any atom is 0.317 e. The number of benzene rings is 1. The van der Waals surface area contributed by atoms with E-state index in [0.717, 1.165) is 5.56 Å². The molecule has 0 aromatic heterocycles. The molecular formula is C18H27N3O4. The summed E-state index contributed by atoms with van der Waals surface area (Å²) in [4.78, 5) is 38.1. The molecule has 0 aliphatic carbocycles. The van der Waals surface area contributed by atoms with Crippen molar-refractivity contribution in [2.75, 3.05) is 26.7 Å². The highest BCUT2D eigenvalue weighted by Crippen LogP contribution is 2.08. The second-order valence-electron chi connectivity index (χ2n) is 5.95. The van der Waals surface area contributed by atoms with E-state index in [2.05, 4.69) is 5.32 Å². The van der Waals surface area contributed by atoms with Crippen molar-refractivity contribution in [1.82, 2.24) is 15.1 Å². The van der Waals surface area contributed by atoms with Crippen LogP contribution >= 0.6 is 0 Å². The molecule has 0 aliphatic rings. The van der Waals surface area contributed by atoms with Gasteiger partial charge in [0, 0.05) is 38.8 Å². The van der Waals surface area contributed by atoms with Crippen molar-refractivity contribution in [2.24, 2.45) is 5.92 Å². The van der Waals surface area contributed by atoms with Gasteiger partial charge in [-0.3, -0.25) is 9.59 Å². The highest BCUT2D eigenvalue weighted by molar-refractivity contribution is 5.94. The highest BCUT2D eigenvalue weighted by atomic mass is 16.4. The quantitative estimate of drug-likeness (QED) is 0.751. The van der Waals surface area contributed by atoms with Crippen LogP contribution in [0.3, 0.4) is 0 Å². The molecule has 2 N–H and O–H groups in total. The summed E-state index contributed by atoms with van der Waals surface area (Å²) < 4.78 is 0. The predicted molar refractivity (Wildman–Crippen MR) is 95.4 cm³/mol. The predicted octanol–water partition coefficient (Wildman–Crippen LogP) is 2.03. The Morgan fingerprint density at radius 1 is 1.12 bits per heavy atom. The molecule has 0 bridgehead atoms. The van der Waals surface area contributed by atoms with Crippen LogP contribution in [0.5, 0.6) is 0 Å². The van der Waals surface area contributed by atoms with Gasteiger partial charge in [-0.05, 0) is 31.5 Å². The summed E-state index contributed by atoms with van der Waals surface area (Å²) in [6, 6.07) is 6.77. The average Bonchev–Trinajstić information content (AvgIpc) is 2.60. The van der Waals surface area contributed by atoms with E-state index in [-0.39, 0.29) is 18.5 Å². The average molecular weight is 349 g/mol. The van der Waals surface area contributed by atoms with Gasteiger partial charge in [0.1, 0.15) is 0 Å². The molecule has 7 nitrogen and oxygen atoms in total. The van der Waals surface area contributed by atoms with Crippen molar-refractivity contribution in [3.63, 3.8) is 0 Å². The lowest BCUT2D eigenvalue weighted by atomic mass is 10.1. The molecule has 1 atom stereocenters. The minimum Gasteiger partial charge on any atom is -0.481 e. The first-order valence-electron chi connectivity index (χ1n) is 8.40. The number of nitrogens with zero attached hydrogens (tertiary/aromatic N) is 2. The molecule has 1 aromatic rings. The fourth-order valence-corrected chi connectivity index (χ4v) is 2.34. The number of hydrogen-bond acceptors (Lipinski definition) is 3. The number of carbonyl (C=O) groups excluding carboxylic acids is 2. The highest BCUT2D eigenvalue weighted by Gasteiger charge is 2.17. The Bertz CT molecular complexity index is 597. The molecule has 3 amide bonds. The molecule has 0 saturated heterocycles. The maximum absolute atomic E-state index is 12.2. The van der Waals surface area contributed by atoms with Crippen molar-refractivity contribution in [3.05, 3.63) is 35.4 Å². The van der Waals surface area contributed by atoms with E-state index in [1.807, 2.05) is 13.8 Å². The largest absolute Gasteiger partial charge is 0.481 e. The summed E-state index contributed by atoms with van der Waals surface area (Å²) in [7, 11) is 1.56. The molecule has 25 heavy (non-hydrogen) atoms. The molecular weight excluding hydrogens is 322 g/mol. The van der Waals surface area contributed by atoms with Gasteiger partial charge in [0.15, 0.2) is 0 Å². The first-order valence-corrected chi connectivity index (χ1v) is 8.40. The zero-order chi connectivity index (χ0) is 19.0. The van der Waals surface area contributed by atoms with Crippen molar-refractivity contribution in [1.29, 1.82) is 0 Å². The SMILES string of the molecule is CCN(CC)C(=O)c1ccc(CNC(=O)N(C)CC(C)C(=O)O)cc1. The van der Waals surface area contributed by atoms with Gasteiger partial charge in [-0.25, -0.2) is 4.79 Å². The number of hydrogen-bond donors (Lipinski definition) is 2. The lowest BCUT2D eigenvalue weighted by Gasteiger charge is -2.20. The van der Waals surface area contributed by atoms with E-state index in [1.165, 1.54) is 4.90 Å². The molecule has 1 unspecified atom stereocenters. The maximum atomic E-state index is 12.2. The van der Waals surface area contributed by atoms with Crippen LogP contribution in [-0.4, -0.2) is 59.5 Å². The summed E-state index contributed by atoms with van der Waals surface area (Å²) in [5.41, 5.74) is 1.48. The summed E-state index contributed by atoms with van der Waals surface area (Å²) >= 11 is 0. The van der Waals surface area contributed by atoms with Crippen LogP contribution in [0.15, 0.2) is 24.3 Å². The molecule has 0 fully saturated rings. The van der Waals surface area contributed by atoms with Crippen LogP contribution in [0, 0.1) is 5.92 Å². The Kier molecular flexibility index (Phi) is 7.91. The number of carboxylic acids is 1. The molecule has 0 saturated carbocycles. The fraction of sp³-hybridized carbons (Fsp3) is 0.500. The molecule has 0 spiro atoms. The number of urea groups is 1. The summed E-state index contributed by atoms with van der Waals surface area (Å²) in [5.74, 6) is -1.57. The zero-order valence-corrected chi connectivity index (χ0v) is 15.3. The van der Waals surface area contributed by atoms with Crippen LogP contribution in [0.25, 0.3) is 0 Å². The molecule has 0 heterocycles. The second-order valence-corrected chi connectivity index (χ2v) is 5.95. The van der Waals surface area contributed by atoms with Crippen LogP contribution in [-0.2, 0) is 11.3 Å². The lowest BCUT2D eigenvalue weighted by molar-refractivity contribution is -0.141. The lowest BCUT2D eigenvalue weighted by Crippen LogP contribution is -2.40.